The monoisotopic (exact) mass is 191 g/mol. The summed E-state index contributed by atoms with van der Waals surface area (Å²) in [5.74, 6) is -0.714. The van der Waals surface area contributed by atoms with Crippen LogP contribution >= 0.6 is 0 Å². The van der Waals surface area contributed by atoms with Gasteiger partial charge in [-0.3, -0.25) is 4.79 Å². The Bertz CT molecular complexity index is 175. The van der Waals surface area contributed by atoms with Crippen molar-refractivity contribution in [1.82, 2.24) is 0 Å². The van der Waals surface area contributed by atoms with Crippen molar-refractivity contribution in [2.45, 2.75) is 38.5 Å². The molecular formula is C8H17NO4. The lowest BCUT2D eigenvalue weighted by atomic mass is 10.1. The molecule has 0 amide bonds. The molecule has 5 nitrogen and oxygen atoms in total. The number of ether oxygens (including phenoxy) is 1. The minimum atomic E-state index is -1.27. The van der Waals surface area contributed by atoms with Crippen LogP contribution in [0.15, 0.2) is 0 Å². The molecule has 0 aliphatic carbocycles. The molecule has 0 spiro atoms. The minimum Gasteiger partial charge on any atom is -0.459 e. The summed E-state index contributed by atoms with van der Waals surface area (Å²) < 4.78 is 4.89. The van der Waals surface area contributed by atoms with E-state index in [1.807, 2.05) is 0 Å². The summed E-state index contributed by atoms with van der Waals surface area (Å²) in [6.45, 7) is 4.54. The zero-order valence-corrected chi connectivity index (χ0v) is 8.15. The quantitative estimate of drug-likeness (QED) is 0.498. The van der Waals surface area contributed by atoms with E-state index < -0.39 is 30.3 Å². The zero-order chi connectivity index (χ0) is 10.6. The van der Waals surface area contributed by atoms with Gasteiger partial charge in [-0.1, -0.05) is 0 Å². The van der Waals surface area contributed by atoms with Gasteiger partial charge >= 0.3 is 5.97 Å². The van der Waals surface area contributed by atoms with E-state index in [1.165, 1.54) is 0 Å². The summed E-state index contributed by atoms with van der Waals surface area (Å²) in [4.78, 5) is 11.1. The average Bonchev–Trinajstić information content (AvgIpc) is 1.98. The van der Waals surface area contributed by atoms with Crippen molar-refractivity contribution in [3.05, 3.63) is 0 Å². The van der Waals surface area contributed by atoms with Gasteiger partial charge in [0.25, 0.3) is 0 Å². The Balaban J connectivity index is 4.12. The van der Waals surface area contributed by atoms with Gasteiger partial charge in [-0.25, -0.2) is 0 Å². The lowest BCUT2D eigenvalue weighted by molar-refractivity contribution is -0.159. The van der Waals surface area contributed by atoms with Crippen LogP contribution in [0.1, 0.15) is 20.8 Å². The van der Waals surface area contributed by atoms with Gasteiger partial charge in [-0.15, -0.1) is 0 Å². The van der Waals surface area contributed by atoms with Crippen LogP contribution in [-0.4, -0.2) is 40.5 Å². The normalized spacial score (nSPS) is 16.5. The Kier molecular flexibility index (Phi) is 4.32. The van der Waals surface area contributed by atoms with Crippen LogP contribution in [0.25, 0.3) is 0 Å². The molecule has 2 unspecified atom stereocenters. The van der Waals surface area contributed by atoms with Crippen molar-refractivity contribution in [3.8, 4) is 0 Å². The number of aliphatic hydroxyl groups is 2. The van der Waals surface area contributed by atoms with E-state index >= 15 is 0 Å². The van der Waals surface area contributed by atoms with E-state index in [2.05, 4.69) is 0 Å². The Hall–Kier alpha value is -0.650. The first-order chi connectivity index (χ1) is 5.78. The molecule has 2 atom stereocenters. The van der Waals surface area contributed by atoms with Crippen LogP contribution in [0.5, 0.6) is 0 Å². The fourth-order valence-electron chi connectivity index (χ4n) is 0.640. The molecule has 13 heavy (non-hydrogen) atoms. The van der Waals surface area contributed by atoms with Crippen molar-refractivity contribution in [2.75, 3.05) is 6.61 Å². The van der Waals surface area contributed by atoms with Crippen LogP contribution < -0.4 is 5.73 Å². The van der Waals surface area contributed by atoms with Gasteiger partial charge in [-0.05, 0) is 20.8 Å². The second-order valence-corrected chi connectivity index (χ2v) is 3.81. The molecule has 0 aliphatic rings. The van der Waals surface area contributed by atoms with Crippen LogP contribution in [0, 0.1) is 0 Å². The number of carbonyl (C=O) groups is 1. The Morgan fingerprint density at radius 1 is 1.54 bits per heavy atom. The maximum atomic E-state index is 11.1. The van der Waals surface area contributed by atoms with Gasteiger partial charge in [0.05, 0.1) is 6.61 Å². The number of esters is 1. The molecule has 0 heterocycles. The van der Waals surface area contributed by atoms with E-state index in [4.69, 9.17) is 20.7 Å². The average molecular weight is 191 g/mol. The van der Waals surface area contributed by atoms with E-state index in [0.717, 1.165) is 0 Å². The summed E-state index contributed by atoms with van der Waals surface area (Å²) in [7, 11) is 0. The number of hydrogen-bond acceptors (Lipinski definition) is 5. The first-order valence-corrected chi connectivity index (χ1v) is 4.05. The molecular weight excluding hydrogens is 174 g/mol. The lowest BCUT2D eigenvalue weighted by Crippen LogP contribution is -2.46. The third-order valence-electron chi connectivity index (χ3n) is 1.28. The highest BCUT2D eigenvalue weighted by Crippen LogP contribution is 2.08. The van der Waals surface area contributed by atoms with E-state index in [-0.39, 0.29) is 0 Å². The molecule has 78 valence electrons. The van der Waals surface area contributed by atoms with Crippen molar-refractivity contribution in [1.29, 1.82) is 0 Å². The molecule has 5 heteroatoms. The number of rotatable bonds is 3. The van der Waals surface area contributed by atoms with Crippen LogP contribution in [0.2, 0.25) is 0 Å². The van der Waals surface area contributed by atoms with E-state index in [1.54, 1.807) is 20.8 Å². The Morgan fingerprint density at radius 2 is 2.00 bits per heavy atom. The molecule has 0 fully saturated rings. The van der Waals surface area contributed by atoms with Crippen molar-refractivity contribution < 1.29 is 19.7 Å². The first-order valence-electron chi connectivity index (χ1n) is 4.05. The predicted molar refractivity (Wildman–Crippen MR) is 46.9 cm³/mol. The molecule has 4 N–H and O–H groups in total. The van der Waals surface area contributed by atoms with Gasteiger partial charge < -0.3 is 20.7 Å². The third kappa shape index (κ3) is 4.82. The molecule has 0 saturated carbocycles. The van der Waals surface area contributed by atoms with Gasteiger partial charge in [0, 0.05) is 0 Å². The maximum Gasteiger partial charge on any atom is 0.326 e. The summed E-state index contributed by atoms with van der Waals surface area (Å²) in [6, 6.07) is -1.19. The van der Waals surface area contributed by atoms with Gasteiger partial charge in [-0.2, -0.15) is 0 Å². The van der Waals surface area contributed by atoms with Crippen LogP contribution in [0.4, 0.5) is 0 Å². The molecule has 0 bridgehead atoms. The second-order valence-electron chi connectivity index (χ2n) is 3.81. The zero-order valence-electron chi connectivity index (χ0n) is 8.15. The Labute approximate surface area is 77.5 Å². The molecule has 0 radical (unpaired) electrons. The first kappa shape index (κ1) is 12.3. The highest BCUT2D eigenvalue weighted by Gasteiger charge is 2.27. The standard InChI is InChI=1S/C8H17NO4/c1-8(2,3)13-7(12)6(9)5(11)4-10/h5-6,10-11H,4,9H2,1-3H3. The molecule has 0 saturated heterocycles. The Morgan fingerprint density at radius 3 is 2.31 bits per heavy atom. The smallest absolute Gasteiger partial charge is 0.326 e. The largest absolute Gasteiger partial charge is 0.459 e. The fraction of sp³-hybridized carbons (Fsp3) is 0.875. The number of aliphatic hydroxyl groups excluding tert-OH is 2. The molecule has 0 aromatic heterocycles. The molecule has 0 aliphatic heterocycles. The number of carbonyl (C=O) groups excluding carboxylic acids is 1. The molecule has 0 aromatic rings. The maximum absolute atomic E-state index is 11.1. The third-order valence-corrected chi connectivity index (χ3v) is 1.28. The second kappa shape index (κ2) is 4.55. The minimum absolute atomic E-state index is 0.555. The summed E-state index contributed by atoms with van der Waals surface area (Å²) in [6.07, 6.45) is -1.27. The van der Waals surface area contributed by atoms with Crippen LogP contribution in [0.3, 0.4) is 0 Å². The molecule has 0 aromatic carbocycles. The molecule has 0 rings (SSSR count). The topological polar surface area (TPSA) is 92.8 Å². The highest BCUT2D eigenvalue weighted by atomic mass is 16.6. The van der Waals surface area contributed by atoms with Gasteiger partial charge in [0.15, 0.2) is 0 Å². The van der Waals surface area contributed by atoms with Crippen LogP contribution in [-0.2, 0) is 9.53 Å². The van der Waals surface area contributed by atoms with Gasteiger partial charge in [0.1, 0.15) is 17.7 Å². The lowest BCUT2D eigenvalue weighted by Gasteiger charge is -2.23. The number of hydrogen-bond donors (Lipinski definition) is 3. The van der Waals surface area contributed by atoms with Crippen molar-refractivity contribution >= 4 is 5.97 Å². The summed E-state index contributed by atoms with van der Waals surface area (Å²) in [5, 5.41) is 17.5. The van der Waals surface area contributed by atoms with E-state index in [0.29, 0.717) is 0 Å². The number of nitrogens with two attached hydrogens (primary N) is 1. The van der Waals surface area contributed by atoms with E-state index in [9.17, 15) is 4.79 Å². The van der Waals surface area contributed by atoms with Crippen molar-refractivity contribution in [2.24, 2.45) is 5.73 Å². The summed E-state index contributed by atoms with van der Waals surface area (Å²) in [5.41, 5.74) is 4.66. The SMILES string of the molecule is CC(C)(C)OC(=O)C(N)C(O)CO. The predicted octanol–water partition coefficient (Wildman–Crippen LogP) is -0.991. The fourth-order valence-corrected chi connectivity index (χ4v) is 0.640. The van der Waals surface area contributed by atoms with Crippen molar-refractivity contribution in [3.63, 3.8) is 0 Å². The van der Waals surface area contributed by atoms with Gasteiger partial charge in [0.2, 0.25) is 0 Å². The highest BCUT2D eigenvalue weighted by molar-refractivity contribution is 5.76. The summed E-state index contributed by atoms with van der Waals surface area (Å²) >= 11 is 0.